The number of amides is 1. The van der Waals surface area contributed by atoms with Gasteiger partial charge in [-0.2, -0.15) is 5.10 Å². The van der Waals surface area contributed by atoms with Crippen LogP contribution in [0.2, 0.25) is 5.15 Å². The highest BCUT2D eigenvalue weighted by Gasteiger charge is 2.09. The molecule has 6 heteroatoms. The summed E-state index contributed by atoms with van der Waals surface area (Å²) in [5.41, 5.74) is 3.46. The molecular weight excluding hydrogens is 290 g/mol. The first-order valence-electron chi connectivity index (χ1n) is 6.38. The molecule has 0 atom stereocenters. The van der Waals surface area contributed by atoms with Crippen molar-refractivity contribution < 1.29 is 9.53 Å². The third kappa shape index (κ3) is 4.03. The fourth-order valence-corrected chi connectivity index (χ4v) is 1.86. The molecule has 5 nitrogen and oxygen atoms in total. The number of nitrogens with one attached hydrogen (secondary N) is 1. The number of pyridine rings is 1. The Morgan fingerprint density at radius 2 is 2.19 bits per heavy atom. The maximum Gasteiger partial charge on any atom is 0.274 e. The summed E-state index contributed by atoms with van der Waals surface area (Å²) in [4.78, 5) is 15.7. The predicted molar refractivity (Wildman–Crippen MR) is 81.9 cm³/mol. The third-order valence-corrected chi connectivity index (χ3v) is 2.89. The lowest BCUT2D eigenvalue weighted by atomic mass is 10.2. The zero-order valence-corrected chi connectivity index (χ0v) is 12.2. The van der Waals surface area contributed by atoms with Crippen LogP contribution in [-0.2, 0) is 0 Å². The fraction of sp³-hybridized carbons (Fsp3) is 0.133. The Balaban J connectivity index is 2.06. The molecule has 0 saturated heterocycles. The van der Waals surface area contributed by atoms with E-state index in [-0.39, 0.29) is 10.7 Å². The summed E-state index contributed by atoms with van der Waals surface area (Å²) >= 11 is 5.84. The Hall–Kier alpha value is -2.40. The zero-order valence-electron chi connectivity index (χ0n) is 11.4. The highest BCUT2D eigenvalue weighted by molar-refractivity contribution is 6.32. The van der Waals surface area contributed by atoms with Gasteiger partial charge in [0.05, 0.1) is 18.4 Å². The maximum absolute atomic E-state index is 11.9. The van der Waals surface area contributed by atoms with Crippen LogP contribution in [0, 0.1) is 0 Å². The molecule has 0 spiro atoms. The summed E-state index contributed by atoms with van der Waals surface area (Å²) in [5.74, 6) is 0.288. The molecule has 2 rings (SSSR count). The van der Waals surface area contributed by atoms with Crippen molar-refractivity contribution >= 4 is 23.7 Å². The minimum Gasteiger partial charge on any atom is -0.493 e. The Morgan fingerprint density at radius 1 is 1.38 bits per heavy atom. The number of rotatable bonds is 5. The Morgan fingerprint density at radius 3 is 2.95 bits per heavy atom. The average Bonchev–Trinajstić information content (AvgIpc) is 2.49. The van der Waals surface area contributed by atoms with Gasteiger partial charge < -0.3 is 4.74 Å². The monoisotopic (exact) mass is 303 g/mol. The van der Waals surface area contributed by atoms with Crippen LogP contribution in [0.5, 0.6) is 5.75 Å². The number of ether oxygens (including phenoxy) is 1. The van der Waals surface area contributed by atoms with Gasteiger partial charge in [0.1, 0.15) is 10.9 Å². The zero-order chi connectivity index (χ0) is 15.1. The normalized spacial score (nSPS) is 10.6. The number of para-hydroxylation sites is 1. The first-order valence-corrected chi connectivity index (χ1v) is 6.76. The lowest BCUT2D eigenvalue weighted by molar-refractivity contribution is 0.0955. The summed E-state index contributed by atoms with van der Waals surface area (Å²) < 4.78 is 5.46. The maximum atomic E-state index is 11.9. The lowest BCUT2D eigenvalue weighted by Crippen LogP contribution is -2.18. The van der Waals surface area contributed by atoms with Crippen LogP contribution < -0.4 is 10.2 Å². The van der Waals surface area contributed by atoms with Crippen molar-refractivity contribution in [1.29, 1.82) is 0 Å². The van der Waals surface area contributed by atoms with Gasteiger partial charge in [-0.3, -0.25) is 4.79 Å². The van der Waals surface area contributed by atoms with Gasteiger partial charge in [-0.1, -0.05) is 23.7 Å². The largest absolute Gasteiger partial charge is 0.493 e. The third-order valence-electron chi connectivity index (χ3n) is 2.59. The first-order chi connectivity index (χ1) is 10.2. The van der Waals surface area contributed by atoms with E-state index in [0.29, 0.717) is 12.4 Å². The van der Waals surface area contributed by atoms with Crippen molar-refractivity contribution in [3.05, 3.63) is 58.9 Å². The van der Waals surface area contributed by atoms with Crippen LogP contribution >= 0.6 is 11.6 Å². The van der Waals surface area contributed by atoms with Gasteiger partial charge in [0.15, 0.2) is 0 Å². The molecule has 21 heavy (non-hydrogen) atoms. The van der Waals surface area contributed by atoms with Crippen molar-refractivity contribution in [2.75, 3.05) is 6.61 Å². The Bertz CT molecular complexity index is 659. The van der Waals surface area contributed by atoms with E-state index in [9.17, 15) is 4.79 Å². The highest BCUT2D eigenvalue weighted by Crippen LogP contribution is 2.15. The standard InChI is InChI=1S/C15H14ClN3O2/c1-2-21-13-8-4-3-6-11(13)10-18-19-15(20)12-7-5-9-17-14(12)16/h3-10H,2H2,1H3,(H,19,20). The fourth-order valence-electron chi connectivity index (χ4n) is 1.65. The van der Waals surface area contributed by atoms with Crippen molar-refractivity contribution in [3.63, 3.8) is 0 Å². The van der Waals surface area contributed by atoms with Crippen molar-refractivity contribution in [1.82, 2.24) is 10.4 Å². The van der Waals surface area contributed by atoms with Crippen LogP contribution in [0.1, 0.15) is 22.8 Å². The van der Waals surface area contributed by atoms with Gasteiger partial charge in [-0.25, -0.2) is 10.4 Å². The molecule has 0 radical (unpaired) electrons. The molecule has 108 valence electrons. The summed E-state index contributed by atoms with van der Waals surface area (Å²) in [6.07, 6.45) is 3.04. The molecule has 0 aliphatic rings. The second kappa shape index (κ2) is 7.40. The number of carbonyl (C=O) groups excluding carboxylic acids is 1. The number of benzene rings is 1. The molecule has 1 heterocycles. The second-order valence-electron chi connectivity index (χ2n) is 4.01. The lowest BCUT2D eigenvalue weighted by Gasteiger charge is -2.06. The summed E-state index contributed by atoms with van der Waals surface area (Å²) in [6, 6.07) is 10.6. The number of hydrogen-bond donors (Lipinski definition) is 1. The second-order valence-corrected chi connectivity index (χ2v) is 4.37. The number of carbonyl (C=O) groups is 1. The average molecular weight is 304 g/mol. The number of aromatic nitrogens is 1. The SMILES string of the molecule is CCOc1ccccc1C=NNC(=O)c1cccnc1Cl. The van der Waals surface area contributed by atoms with Crippen molar-refractivity contribution in [3.8, 4) is 5.75 Å². The molecule has 0 unspecified atom stereocenters. The smallest absolute Gasteiger partial charge is 0.274 e. The van der Waals surface area contributed by atoms with Crippen LogP contribution in [-0.4, -0.2) is 23.7 Å². The van der Waals surface area contributed by atoms with Crippen LogP contribution in [0.3, 0.4) is 0 Å². The topological polar surface area (TPSA) is 63.6 Å². The molecular formula is C15H14ClN3O2. The van der Waals surface area contributed by atoms with E-state index in [0.717, 1.165) is 5.56 Å². The van der Waals surface area contributed by atoms with Crippen LogP contribution in [0.15, 0.2) is 47.7 Å². The Labute approximate surface area is 127 Å². The van der Waals surface area contributed by atoms with Gasteiger partial charge in [-0.05, 0) is 31.2 Å². The number of hydrazone groups is 1. The molecule has 0 saturated carbocycles. The summed E-state index contributed by atoms with van der Waals surface area (Å²) in [6.45, 7) is 2.46. The van der Waals surface area contributed by atoms with E-state index in [1.54, 1.807) is 12.1 Å². The van der Waals surface area contributed by atoms with E-state index in [4.69, 9.17) is 16.3 Å². The van der Waals surface area contributed by atoms with Crippen molar-refractivity contribution in [2.24, 2.45) is 5.10 Å². The molecule has 1 aromatic carbocycles. The van der Waals surface area contributed by atoms with Gasteiger partial charge in [0.2, 0.25) is 0 Å². The van der Waals surface area contributed by atoms with E-state index in [1.807, 2.05) is 31.2 Å². The van der Waals surface area contributed by atoms with Gasteiger partial charge in [-0.15, -0.1) is 0 Å². The van der Waals surface area contributed by atoms with E-state index in [2.05, 4.69) is 15.5 Å². The highest BCUT2D eigenvalue weighted by atomic mass is 35.5. The Kier molecular flexibility index (Phi) is 5.29. The molecule has 1 N–H and O–H groups in total. The van der Waals surface area contributed by atoms with Gasteiger partial charge >= 0.3 is 0 Å². The van der Waals surface area contributed by atoms with E-state index >= 15 is 0 Å². The summed E-state index contributed by atoms with van der Waals surface area (Å²) in [5, 5.41) is 4.05. The van der Waals surface area contributed by atoms with E-state index < -0.39 is 5.91 Å². The molecule has 1 amide bonds. The quantitative estimate of drug-likeness (QED) is 0.525. The minimum absolute atomic E-state index is 0.139. The molecule has 1 aromatic heterocycles. The van der Waals surface area contributed by atoms with Gasteiger partial charge in [0.25, 0.3) is 5.91 Å². The predicted octanol–water partition coefficient (Wildman–Crippen LogP) is 2.90. The number of nitrogens with zero attached hydrogens (tertiary/aromatic N) is 2. The molecule has 2 aromatic rings. The first kappa shape index (κ1) is 15.0. The molecule has 0 bridgehead atoms. The van der Waals surface area contributed by atoms with Gasteiger partial charge in [0, 0.05) is 11.8 Å². The van der Waals surface area contributed by atoms with Crippen LogP contribution in [0.4, 0.5) is 0 Å². The van der Waals surface area contributed by atoms with Crippen molar-refractivity contribution in [2.45, 2.75) is 6.92 Å². The molecule has 0 aliphatic heterocycles. The number of hydrogen-bond acceptors (Lipinski definition) is 4. The molecule has 0 fully saturated rings. The summed E-state index contributed by atoms with van der Waals surface area (Å²) in [7, 11) is 0. The minimum atomic E-state index is -0.418. The molecule has 0 aliphatic carbocycles. The van der Waals surface area contributed by atoms with Crippen LogP contribution in [0.25, 0.3) is 0 Å². The van der Waals surface area contributed by atoms with E-state index in [1.165, 1.54) is 12.4 Å². The number of halogens is 1.